The molecule has 0 aliphatic carbocycles. The van der Waals surface area contributed by atoms with Gasteiger partial charge in [0.25, 0.3) is 0 Å². The number of rotatable bonds is 3. The van der Waals surface area contributed by atoms with E-state index < -0.39 is 0 Å². The van der Waals surface area contributed by atoms with Crippen LogP contribution in [-0.2, 0) is 9.47 Å². The van der Waals surface area contributed by atoms with E-state index in [9.17, 15) is 0 Å². The van der Waals surface area contributed by atoms with Crippen molar-refractivity contribution in [2.45, 2.75) is 25.2 Å². The Hall–Kier alpha value is 0.170. The highest BCUT2D eigenvalue weighted by molar-refractivity contribution is 5.85. The van der Waals surface area contributed by atoms with Crippen LogP contribution in [-0.4, -0.2) is 33.1 Å². The first-order chi connectivity index (χ1) is 4.88. The van der Waals surface area contributed by atoms with Crippen LogP contribution in [0.3, 0.4) is 0 Å². The summed E-state index contributed by atoms with van der Waals surface area (Å²) in [6.45, 7) is 1.09. The van der Waals surface area contributed by atoms with Gasteiger partial charge >= 0.3 is 0 Å². The lowest BCUT2D eigenvalue weighted by Crippen LogP contribution is -2.37. The molecule has 0 unspecified atom stereocenters. The van der Waals surface area contributed by atoms with E-state index in [0.717, 1.165) is 13.0 Å². The average Bonchev–Trinajstić information content (AvgIpc) is 2.43. The first-order valence-corrected chi connectivity index (χ1v) is 3.67. The molecule has 1 aliphatic heterocycles. The van der Waals surface area contributed by atoms with E-state index in [-0.39, 0.29) is 18.7 Å². The smallest absolute Gasteiger partial charge is 0.171 e. The molecule has 1 aliphatic rings. The van der Waals surface area contributed by atoms with Crippen LogP contribution in [0.4, 0.5) is 0 Å². The van der Waals surface area contributed by atoms with E-state index in [2.05, 4.69) is 5.32 Å². The van der Waals surface area contributed by atoms with Crippen LogP contribution >= 0.6 is 12.4 Å². The van der Waals surface area contributed by atoms with Gasteiger partial charge in [0.1, 0.15) is 0 Å². The summed E-state index contributed by atoms with van der Waals surface area (Å²) in [7, 11) is 3.35. The maximum Gasteiger partial charge on any atom is 0.171 e. The molecule has 0 saturated carbocycles. The minimum Gasteiger partial charge on any atom is -0.354 e. The minimum absolute atomic E-state index is 0. The quantitative estimate of drug-likeness (QED) is 0.653. The van der Waals surface area contributed by atoms with Gasteiger partial charge in [-0.2, -0.15) is 0 Å². The fourth-order valence-electron chi connectivity index (χ4n) is 1.37. The second kappa shape index (κ2) is 5.77. The third-order valence-electron chi connectivity index (χ3n) is 1.89. The van der Waals surface area contributed by atoms with Crippen molar-refractivity contribution < 1.29 is 9.47 Å². The largest absolute Gasteiger partial charge is 0.354 e. The van der Waals surface area contributed by atoms with Gasteiger partial charge in [0.2, 0.25) is 0 Å². The molecule has 0 bridgehead atoms. The van der Waals surface area contributed by atoms with Crippen molar-refractivity contribution in [2.75, 3.05) is 20.8 Å². The van der Waals surface area contributed by atoms with E-state index in [1.165, 1.54) is 6.42 Å². The first kappa shape index (κ1) is 11.2. The molecule has 1 atom stereocenters. The zero-order valence-electron chi connectivity index (χ0n) is 7.00. The third-order valence-corrected chi connectivity index (χ3v) is 1.89. The molecule has 11 heavy (non-hydrogen) atoms. The van der Waals surface area contributed by atoms with Gasteiger partial charge in [0.15, 0.2) is 6.29 Å². The van der Waals surface area contributed by atoms with Gasteiger partial charge in [0.05, 0.1) is 6.04 Å². The summed E-state index contributed by atoms with van der Waals surface area (Å²) in [5.41, 5.74) is 0. The molecule has 1 fully saturated rings. The molecular weight excluding hydrogens is 166 g/mol. The fourth-order valence-corrected chi connectivity index (χ4v) is 1.37. The Kier molecular flexibility index (Phi) is 5.86. The van der Waals surface area contributed by atoms with Gasteiger partial charge < -0.3 is 14.8 Å². The van der Waals surface area contributed by atoms with Crippen LogP contribution in [0.15, 0.2) is 0 Å². The van der Waals surface area contributed by atoms with Crippen LogP contribution in [0, 0.1) is 0 Å². The Morgan fingerprint density at radius 3 is 2.36 bits per heavy atom. The molecular formula is C7H16ClNO2. The summed E-state index contributed by atoms with van der Waals surface area (Å²) < 4.78 is 10.2. The highest BCUT2D eigenvalue weighted by atomic mass is 35.5. The zero-order valence-corrected chi connectivity index (χ0v) is 7.82. The number of nitrogens with one attached hydrogen (secondary N) is 1. The van der Waals surface area contributed by atoms with Gasteiger partial charge in [-0.25, -0.2) is 0 Å². The predicted molar refractivity (Wildman–Crippen MR) is 46.1 cm³/mol. The van der Waals surface area contributed by atoms with Crippen molar-refractivity contribution >= 4 is 12.4 Å². The lowest BCUT2D eigenvalue weighted by atomic mass is 10.2. The molecule has 68 valence electrons. The molecule has 1 rings (SSSR count). The number of methoxy groups -OCH3 is 2. The zero-order chi connectivity index (χ0) is 7.40. The highest BCUT2D eigenvalue weighted by Crippen LogP contribution is 2.11. The second-order valence-corrected chi connectivity index (χ2v) is 2.54. The maximum absolute atomic E-state index is 5.10. The van der Waals surface area contributed by atoms with Gasteiger partial charge in [-0.1, -0.05) is 0 Å². The van der Waals surface area contributed by atoms with Crippen molar-refractivity contribution in [1.82, 2.24) is 5.32 Å². The molecule has 0 aromatic carbocycles. The van der Waals surface area contributed by atoms with E-state index in [4.69, 9.17) is 9.47 Å². The Balaban J connectivity index is 0.000001000. The molecule has 3 nitrogen and oxygen atoms in total. The Morgan fingerprint density at radius 2 is 2.00 bits per heavy atom. The lowest BCUT2D eigenvalue weighted by molar-refractivity contribution is -0.119. The van der Waals surface area contributed by atoms with Crippen LogP contribution in [0.25, 0.3) is 0 Å². The van der Waals surface area contributed by atoms with Crippen LogP contribution in [0.1, 0.15) is 12.8 Å². The van der Waals surface area contributed by atoms with Crippen molar-refractivity contribution in [3.05, 3.63) is 0 Å². The SMILES string of the molecule is COC(OC)[C@H]1CCCN1.Cl. The van der Waals surface area contributed by atoms with Crippen molar-refractivity contribution in [2.24, 2.45) is 0 Å². The first-order valence-electron chi connectivity index (χ1n) is 3.67. The summed E-state index contributed by atoms with van der Waals surface area (Å²) in [5.74, 6) is 0. The summed E-state index contributed by atoms with van der Waals surface area (Å²) in [5, 5.41) is 3.31. The molecule has 0 radical (unpaired) electrons. The van der Waals surface area contributed by atoms with Crippen LogP contribution < -0.4 is 5.32 Å². The molecule has 4 heteroatoms. The van der Waals surface area contributed by atoms with E-state index in [1.807, 2.05) is 0 Å². The lowest BCUT2D eigenvalue weighted by Gasteiger charge is -2.19. The van der Waals surface area contributed by atoms with Crippen molar-refractivity contribution in [1.29, 1.82) is 0 Å². The second-order valence-electron chi connectivity index (χ2n) is 2.54. The molecule has 1 saturated heterocycles. The average molecular weight is 182 g/mol. The summed E-state index contributed by atoms with van der Waals surface area (Å²) >= 11 is 0. The maximum atomic E-state index is 5.10. The van der Waals surface area contributed by atoms with Gasteiger partial charge in [-0.15, -0.1) is 12.4 Å². The highest BCUT2D eigenvalue weighted by Gasteiger charge is 2.23. The van der Waals surface area contributed by atoms with Crippen LogP contribution in [0.5, 0.6) is 0 Å². The van der Waals surface area contributed by atoms with Gasteiger partial charge in [-0.05, 0) is 19.4 Å². The fraction of sp³-hybridized carbons (Fsp3) is 1.00. The number of halogens is 1. The molecule has 0 aromatic rings. The molecule has 1 N–H and O–H groups in total. The summed E-state index contributed by atoms with van der Waals surface area (Å²) in [4.78, 5) is 0. The molecule has 0 spiro atoms. The predicted octanol–water partition coefficient (Wildman–Crippen LogP) is 0.779. The molecule has 0 aromatic heterocycles. The molecule has 0 amide bonds. The van der Waals surface area contributed by atoms with Gasteiger partial charge in [0, 0.05) is 14.2 Å². The third kappa shape index (κ3) is 2.95. The Morgan fingerprint density at radius 1 is 1.36 bits per heavy atom. The summed E-state index contributed by atoms with van der Waals surface area (Å²) in [6, 6.07) is 0.398. The number of ether oxygens (including phenoxy) is 2. The Bertz CT molecular complexity index is 92.4. The van der Waals surface area contributed by atoms with Crippen molar-refractivity contribution in [3.63, 3.8) is 0 Å². The van der Waals surface area contributed by atoms with Crippen LogP contribution in [0.2, 0.25) is 0 Å². The topological polar surface area (TPSA) is 30.5 Å². The number of hydrogen-bond acceptors (Lipinski definition) is 3. The van der Waals surface area contributed by atoms with Crippen molar-refractivity contribution in [3.8, 4) is 0 Å². The Labute approximate surface area is 73.9 Å². The normalized spacial score (nSPS) is 23.7. The molecule has 1 heterocycles. The van der Waals surface area contributed by atoms with E-state index in [1.54, 1.807) is 14.2 Å². The summed E-state index contributed by atoms with van der Waals surface area (Å²) in [6.07, 6.45) is 2.32. The van der Waals surface area contributed by atoms with E-state index >= 15 is 0 Å². The minimum atomic E-state index is -0.0671. The monoisotopic (exact) mass is 181 g/mol. The van der Waals surface area contributed by atoms with E-state index in [0.29, 0.717) is 6.04 Å². The standard InChI is InChI=1S/C7H15NO2.ClH/c1-9-7(10-2)6-4-3-5-8-6;/h6-8H,3-5H2,1-2H3;1H/t6-;/m1./s1. The van der Waals surface area contributed by atoms with Gasteiger partial charge in [-0.3, -0.25) is 0 Å². The number of hydrogen-bond donors (Lipinski definition) is 1.